The van der Waals surface area contributed by atoms with Gasteiger partial charge in [0.25, 0.3) is 0 Å². The first-order valence-electron chi connectivity index (χ1n) is 4.66. The fourth-order valence-corrected chi connectivity index (χ4v) is 3.20. The molecule has 1 aromatic heterocycles. The van der Waals surface area contributed by atoms with Crippen LogP contribution in [0.5, 0.6) is 0 Å². The lowest BCUT2D eigenvalue weighted by Gasteiger charge is -2.35. The van der Waals surface area contributed by atoms with Crippen LogP contribution < -0.4 is 5.73 Å². The minimum Gasteiger partial charge on any atom is -0.480 e. The highest BCUT2D eigenvalue weighted by atomic mass is 32.1. The Morgan fingerprint density at radius 2 is 2.50 bits per heavy atom. The minimum absolute atomic E-state index is 0.00569. The molecule has 3 N–H and O–H groups in total. The maximum absolute atomic E-state index is 11.2. The average Bonchev–Trinajstić information content (AvgIpc) is 2.59. The fourth-order valence-electron chi connectivity index (χ4n) is 2.03. The van der Waals surface area contributed by atoms with Gasteiger partial charge in [-0.15, -0.1) is 11.3 Å². The summed E-state index contributed by atoms with van der Waals surface area (Å²) >= 11 is 1.46. The molecule has 0 fully saturated rings. The fraction of sp³-hybridized carbons (Fsp3) is 0.500. The average molecular weight is 211 g/mol. The van der Waals surface area contributed by atoms with E-state index in [2.05, 4.69) is 0 Å². The molecule has 4 heteroatoms. The van der Waals surface area contributed by atoms with Crippen molar-refractivity contribution in [2.24, 2.45) is 11.7 Å². The van der Waals surface area contributed by atoms with Crippen LogP contribution >= 0.6 is 11.3 Å². The SMILES string of the molecule is CC1CCc2ccsc2C1(N)C(=O)O. The standard InChI is InChI=1S/C10H13NO2S/c1-6-2-3-7-4-5-14-8(7)10(6,11)9(12)13/h4-6H,2-3,11H2,1H3,(H,12,13). The number of fused-ring (bicyclic) bond motifs is 1. The molecular formula is C10H13NO2S. The van der Waals surface area contributed by atoms with Crippen molar-refractivity contribution in [1.29, 1.82) is 0 Å². The van der Waals surface area contributed by atoms with Gasteiger partial charge in [0.15, 0.2) is 5.54 Å². The normalized spacial score (nSPS) is 31.1. The summed E-state index contributed by atoms with van der Waals surface area (Å²) in [6.45, 7) is 1.91. The molecule has 0 aromatic carbocycles. The lowest BCUT2D eigenvalue weighted by molar-refractivity contribution is -0.146. The predicted molar refractivity (Wildman–Crippen MR) is 55.3 cm³/mol. The van der Waals surface area contributed by atoms with Gasteiger partial charge in [0.05, 0.1) is 0 Å². The lowest BCUT2D eigenvalue weighted by atomic mass is 9.75. The molecule has 1 aliphatic rings. The van der Waals surface area contributed by atoms with Crippen LogP contribution in [0.25, 0.3) is 0 Å². The second-order valence-electron chi connectivity index (χ2n) is 3.89. The molecule has 3 nitrogen and oxygen atoms in total. The second-order valence-corrected chi connectivity index (χ2v) is 4.80. The van der Waals surface area contributed by atoms with Gasteiger partial charge in [0.2, 0.25) is 0 Å². The molecule has 1 aliphatic carbocycles. The molecule has 76 valence electrons. The first-order chi connectivity index (χ1) is 6.56. The maximum Gasteiger partial charge on any atom is 0.329 e. The number of thiophene rings is 1. The van der Waals surface area contributed by atoms with Crippen LogP contribution in [0.3, 0.4) is 0 Å². The third-order valence-corrected chi connectivity index (χ3v) is 4.21. The van der Waals surface area contributed by atoms with Crippen LogP contribution in [0, 0.1) is 5.92 Å². The summed E-state index contributed by atoms with van der Waals surface area (Å²) in [5.74, 6) is -0.903. The van der Waals surface area contributed by atoms with Crippen molar-refractivity contribution in [3.8, 4) is 0 Å². The molecule has 0 radical (unpaired) electrons. The van der Waals surface area contributed by atoms with Crippen LogP contribution in [0.2, 0.25) is 0 Å². The number of carbonyl (C=O) groups is 1. The molecule has 0 saturated heterocycles. The van der Waals surface area contributed by atoms with Gasteiger partial charge in [-0.05, 0) is 35.8 Å². The van der Waals surface area contributed by atoms with Gasteiger partial charge in [-0.3, -0.25) is 0 Å². The van der Waals surface area contributed by atoms with Crippen LogP contribution in [-0.2, 0) is 16.8 Å². The molecule has 1 heterocycles. The number of rotatable bonds is 1. The molecule has 2 unspecified atom stereocenters. The smallest absolute Gasteiger partial charge is 0.329 e. The van der Waals surface area contributed by atoms with Crippen molar-refractivity contribution in [1.82, 2.24) is 0 Å². The highest BCUT2D eigenvalue weighted by Gasteiger charge is 2.46. The Morgan fingerprint density at radius 3 is 3.14 bits per heavy atom. The minimum atomic E-state index is -1.16. The summed E-state index contributed by atoms with van der Waals surface area (Å²) < 4.78 is 0. The van der Waals surface area contributed by atoms with Crippen LogP contribution in [0.1, 0.15) is 23.8 Å². The number of hydrogen-bond donors (Lipinski definition) is 2. The third-order valence-electron chi connectivity index (χ3n) is 3.10. The van der Waals surface area contributed by atoms with E-state index < -0.39 is 11.5 Å². The quantitative estimate of drug-likeness (QED) is 0.741. The second kappa shape index (κ2) is 3.07. The topological polar surface area (TPSA) is 63.3 Å². The zero-order valence-electron chi connectivity index (χ0n) is 7.99. The maximum atomic E-state index is 11.2. The van der Waals surface area contributed by atoms with E-state index >= 15 is 0 Å². The molecule has 0 bridgehead atoms. The molecule has 0 amide bonds. The Labute approximate surface area is 86.6 Å². The Morgan fingerprint density at radius 1 is 1.79 bits per heavy atom. The molecule has 14 heavy (non-hydrogen) atoms. The summed E-state index contributed by atoms with van der Waals surface area (Å²) in [4.78, 5) is 12.1. The van der Waals surface area contributed by atoms with E-state index in [1.807, 2.05) is 18.4 Å². The summed E-state index contributed by atoms with van der Waals surface area (Å²) in [6.07, 6.45) is 1.80. The first kappa shape index (κ1) is 9.68. The zero-order chi connectivity index (χ0) is 10.3. The molecule has 2 atom stereocenters. The Bertz CT molecular complexity index is 374. The molecular weight excluding hydrogens is 198 g/mol. The predicted octanol–water partition coefficient (Wildman–Crippen LogP) is 1.57. The summed E-state index contributed by atoms with van der Waals surface area (Å²) in [5, 5.41) is 11.1. The van der Waals surface area contributed by atoms with Crippen molar-refractivity contribution >= 4 is 17.3 Å². The van der Waals surface area contributed by atoms with Gasteiger partial charge in [-0.2, -0.15) is 0 Å². The highest BCUT2D eigenvalue weighted by molar-refractivity contribution is 7.10. The van der Waals surface area contributed by atoms with Crippen LogP contribution in [-0.4, -0.2) is 11.1 Å². The van der Waals surface area contributed by atoms with Crippen LogP contribution in [0.4, 0.5) is 0 Å². The van der Waals surface area contributed by atoms with Crippen molar-refractivity contribution in [2.45, 2.75) is 25.3 Å². The number of hydrogen-bond acceptors (Lipinski definition) is 3. The van der Waals surface area contributed by atoms with Gasteiger partial charge < -0.3 is 10.8 Å². The zero-order valence-corrected chi connectivity index (χ0v) is 8.80. The third kappa shape index (κ3) is 1.11. The largest absolute Gasteiger partial charge is 0.480 e. The summed E-state index contributed by atoms with van der Waals surface area (Å²) in [6, 6.07) is 1.98. The Hall–Kier alpha value is -0.870. The van der Waals surface area contributed by atoms with Crippen molar-refractivity contribution in [2.75, 3.05) is 0 Å². The number of nitrogens with two attached hydrogens (primary N) is 1. The molecule has 0 saturated carbocycles. The van der Waals surface area contributed by atoms with Gasteiger partial charge in [0.1, 0.15) is 0 Å². The number of aliphatic carboxylic acids is 1. The Balaban J connectivity index is 2.56. The molecule has 0 aliphatic heterocycles. The van der Waals surface area contributed by atoms with Crippen molar-refractivity contribution < 1.29 is 9.90 Å². The summed E-state index contributed by atoms with van der Waals surface area (Å²) in [7, 11) is 0. The van der Waals surface area contributed by atoms with E-state index in [1.165, 1.54) is 11.3 Å². The van der Waals surface area contributed by atoms with E-state index in [0.717, 1.165) is 23.3 Å². The lowest BCUT2D eigenvalue weighted by Crippen LogP contribution is -2.52. The van der Waals surface area contributed by atoms with Crippen LogP contribution in [0.15, 0.2) is 11.4 Å². The van der Waals surface area contributed by atoms with Gasteiger partial charge in [-0.25, -0.2) is 4.79 Å². The number of carboxylic acid groups (broad SMARTS) is 1. The van der Waals surface area contributed by atoms with E-state index in [1.54, 1.807) is 0 Å². The van der Waals surface area contributed by atoms with Gasteiger partial charge >= 0.3 is 5.97 Å². The van der Waals surface area contributed by atoms with E-state index in [9.17, 15) is 9.90 Å². The molecule has 0 spiro atoms. The van der Waals surface area contributed by atoms with Gasteiger partial charge in [-0.1, -0.05) is 6.92 Å². The molecule has 2 rings (SSSR count). The number of aryl methyl sites for hydroxylation is 1. The van der Waals surface area contributed by atoms with Crippen molar-refractivity contribution in [3.05, 3.63) is 21.9 Å². The highest BCUT2D eigenvalue weighted by Crippen LogP contribution is 2.40. The Kier molecular flexibility index (Phi) is 2.12. The van der Waals surface area contributed by atoms with Crippen molar-refractivity contribution in [3.63, 3.8) is 0 Å². The van der Waals surface area contributed by atoms with E-state index in [-0.39, 0.29) is 5.92 Å². The van der Waals surface area contributed by atoms with E-state index in [4.69, 9.17) is 5.73 Å². The first-order valence-corrected chi connectivity index (χ1v) is 5.54. The monoisotopic (exact) mass is 211 g/mol. The summed E-state index contributed by atoms with van der Waals surface area (Å²) in [5.41, 5.74) is 5.96. The molecule has 1 aromatic rings. The number of carboxylic acids is 1. The van der Waals surface area contributed by atoms with Gasteiger partial charge in [0, 0.05) is 4.88 Å². The van der Waals surface area contributed by atoms with E-state index in [0.29, 0.717) is 0 Å².